The number of nitro benzene ring substituents is 1. The number of hydrogen-bond donors (Lipinski definition) is 0. The summed E-state index contributed by atoms with van der Waals surface area (Å²) in [4.78, 5) is 19.5. The van der Waals surface area contributed by atoms with Crippen molar-refractivity contribution < 1.29 is 36.1 Å². The van der Waals surface area contributed by atoms with Crippen LogP contribution < -0.4 is 0 Å². The number of rotatable bonds is 2. The fourth-order valence-electron chi connectivity index (χ4n) is 1.39. The summed E-state index contributed by atoms with van der Waals surface area (Å²) in [5.74, 6) is 0. The molecule has 0 N–H and O–H groups in total. The van der Waals surface area contributed by atoms with Crippen molar-refractivity contribution in [2.24, 2.45) is 0 Å². The van der Waals surface area contributed by atoms with Crippen molar-refractivity contribution >= 4 is 12.0 Å². The fraction of sp³-hybridized carbons (Fsp3) is 0.222. The molecule has 0 saturated carbocycles. The topological polar surface area (TPSA) is 60.2 Å². The number of nitro groups is 1. The van der Waals surface area contributed by atoms with Crippen LogP contribution in [0.4, 0.5) is 32.0 Å². The molecule has 1 aromatic carbocycles. The summed E-state index contributed by atoms with van der Waals surface area (Å²) >= 11 is 0. The van der Waals surface area contributed by atoms with Crippen LogP contribution in [0, 0.1) is 10.1 Å². The molecule has 0 aliphatic rings. The van der Waals surface area contributed by atoms with Crippen LogP contribution in [0.5, 0.6) is 0 Å². The molecule has 104 valence electrons. The molecule has 0 radical (unpaired) electrons. The number of hydrogen-bond acceptors (Lipinski definition) is 3. The van der Waals surface area contributed by atoms with E-state index in [1.165, 1.54) is 0 Å². The molecule has 0 amide bonds. The molecule has 0 unspecified atom stereocenters. The van der Waals surface area contributed by atoms with E-state index in [1.807, 2.05) is 0 Å². The van der Waals surface area contributed by atoms with E-state index in [1.54, 1.807) is 0 Å². The number of aldehydes is 1. The molecular weight excluding hydrogens is 284 g/mol. The highest BCUT2D eigenvalue weighted by Crippen LogP contribution is 2.43. The highest BCUT2D eigenvalue weighted by Gasteiger charge is 2.46. The summed E-state index contributed by atoms with van der Waals surface area (Å²) in [6, 6.07) is -0.110. The predicted octanol–water partition coefficient (Wildman–Crippen LogP) is 3.44. The van der Waals surface area contributed by atoms with Gasteiger partial charge in [0.25, 0.3) is 5.69 Å². The molecule has 10 heteroatoms. The van der Waals surface area contributed by atoms with Gasteiger partial charge in [-0.15, -0.1) is 0 Å². The lowest BCUT2D eigenvalue weighted by atomic mass is 9.99. The lowest BCUT2D eigenvalue weighted by Gasteiger charge is -2.16. The first-order valence-corrected chi connectivity index (χ1v) is 4.40. The fourth-order valence-corrected chi connectivity index (χ4v) is 1.39. The van der Waals surface area contributed by atoms with Gasteiger partial charge in [-0.25, -0.2) is 0 Å². The largest absolute Gasteiger partial charge is 0.417 e. The molecule has 0 heterocycles. The minimum absolute atomic E-state index is 0.144. The number of nitrogens with zero attached hydrogens (tertiary/aromatic N) is 1. The maximum Gasteiger partial charge on any atom is 0.417 e. The molecule has 1 aromatic rings. The first-order chi connectivity index (χ1) is 8.48. The third kappa shape index (κ3) is 3.01. The summed E-state index contributed by atoms with van der Waals surface area (Å²) in [6.45, 7) is 0. The van der Waals surface area contributed by atoms with E-state index in [0.29, 0.717) is 0 Å². The molecule has 0 atom stereocenters. The van der Waals surface area contributed by atoms with Crippen LogP contribution in [0.1, 0.15) is 21.5 Å². The van der Waals surface area contributed by atoms with Gasteiger partial charge in [0.1, 0.15) is 0 Å². The SMILES string of the molecule is O=Cc1cc([N+](=O)[O-])cc(C(F)(F)F)c1C(F)(F)F. The van der Waals surface area contributed by atoms with Crippen molar-refractivity contribution in [3.63, 3.8) is 0 Å². The van der Waals surface area contributed by atoms with E-state index in [9.17, 15) is 41.3 Å². The smallest absolute Gasteiger partial charge is 0.298 e. The average molecular weight is 287 g/mol. The zero-order valence-electron chi connectivity index (χ0n) is 8.67. The summed E-state index contributed by atoms with van der Waals surface area (Å²) in [7, 11) is 0. The van der Waals surface area contributed by atoms with Gasteiger partial charge in [0.05, 0.1) is 16.1 Å². The molecule has 4 nitrogen and oxygen atoms in total. The van der Waals surface area contributed by atoms with Crippen molar-refractivity contribution in [1.82, 2.24) is 0 Å². The van der Waals surface area contributed by atoms with Gasteiger partial charge in [-0.1, -0.05) is 0 Å². The third-order valence-electron chi connectivity index (χ3n) is 2.08. The lowest BCUT2D eigenvalue weighted by molar-refractivity contribution is -0.385. The Kier molecular flexibility index (Phi) is 3.55. The number of halogens is 6. The molecule has 1 rings (SSSR count). The van der Waals surface area contributed by atoms with Gasteiger partial charge in [0.15, 0.2) is 6.29 Å². The van der Waals surface area contributed by atoms with Crippen molar-refractivity contribution in [2.45, 2.75) is 12.4 Å². The van der Waals surface area contributed by atoms with E-state index in [2.05, 4.69) is 0 Å². The summed E-state index contributed by atoms with van der Waals surface area (Å²) < 4.78 is 75.1. The Morgan fingerprint density at radius 1 is 1.05 bits per heavy atom. The molecule has 0 fully saturated rings. The van der Waals surface area contributed by atoms with Crippen LogP contribution >= 0.6 is 0 Å². The number of carbonyl (C=O) groups is 1. The second-order valence-electron chi connectivity index (χ2n) is 3.33. The van der Waals surface area contributed by atoms with Crippen LogP contribution in [0.15, 0.2) is 12.1 Å². The van der Waals surface area contributed by atoms with Crippen LogP contribution in [0.25, 0.3) is 0 Å². The minimum Gasteiger partial charge on any atom is -0.298 e. The van der Waals surface area contributed by atoms with Crippen LogP contribution in [0.2, 0.25) is 0 Å². The second kappa shape index (κ2) is 4.52. The first-order valence-electron chi connectivity index (χ1n) is 4.40. The Labute approximate surface area is 100 Å². The van der Waals surface area contributed by atoms with E-state index >= 15 is 0 Å². The highest BCUT2D eigenvalue weighted by molar-refractivity contribution is 5.80. The normalized spacial score (nSPS) is 12.3. The predicted molar refractivity (Wildman–Crippen MR) is 48.5 cm³/mol. The van der Waals surface area contributed by atoms with Crippen LogP contribution in [0.3, 0.4) is 0 Å². The Bertz CT molecular complexity index is 534. The number of non-ortho nitro benzene ring substituents is 1. The minimum atomic E-state index is -5.48. The van der Waals surface area contributed by atoms with Gasteiger partial charge in [-0.2, -0.15) is 26.3 Å². The van der Waals surface area contributed by atoms with Gasteiger partial charge in [-0.05, 0) is 0 Å². The third-order valence-corrected chi connectivity index (χ3v) is 2.08. The van der Waals surface area contributed by atoms with Gasteiger partial charge in [0.2, 0.25) is 0 Å². The van der Waals surface area contributed by atoms with Gasteiger partial charge in [0, 0.05) is 17.7 Å². The van der Waals surface area contributed by atoms with E-state index in [4.69, 9.17) is 0 Å². The molecule has 0 spiro atoms. The maximum atomic E-state index is 12.5. The monoisotopic (exact) mass is 287 g/mol. The Morgan fingerprint density at radius 3 is 1.89 bits per heavy atom. The van der Waals surface area contributed by atoms with Crippen LogP contribution in [-0.4, -0.2) is 11.2 Å². The number of benzene rings is 1. The quantitative estimate of drug-likeness (QED) is 0.362. The molecule has 0 aliphatic carbocycles. The standard InChI is InChI=1S/C9H3F6NO3/c10-8(11,12)6-2-5(16(18)19)1-4(3-17)7(6)9(13,14)15/h1-3H. The van der Waals surface area contributed by atoms with Crippen molar-refractivity contribution in [1.29, 1.82) is 0 Å². The lowest BCUT2D eigenvalue weighted by Crippen LogP contribution is -2.19. The van der Waals surface area contributed by atoms with E-state index < -0.39 is 45.9 Å². The molecule has 0 aliphatic heterocycles. The molecule has 0 saturated heterocycles. The maximum absolute atomic E-state index is 12.5. The number of carbonyl (C=O) groups excluding carboxylic acids is 1. The molecule has 19 heavy (non-hydrogen) atoms. The Morgan fingerprint density at radius 2 is 1.58 bits per heavy atom. The second-order valence-corrected chi connectivity index (χ2v) is 3.33. The zero-order valence-corrected chi connectivity index (χ0v) is 8.67. The Hall–Kier alpha value is -2.13. The van der Waals surface area contributed by atoms with E-state index in [-0.39, 0.29) is 12.1 Å². The zero-order chi connectivity index (χ0) is 15.0. The van der Waals surface area contributed by atoms with Gasteiger partial charge < -0.3 is 0 Å². The van der Waals surface area contributed by atoms with Crippen LogP contribution in [-0.2, 0) is 12.4 Å². The summed E-state index contributed by atoms with van der Waals surface area (Å²) in [5.41, 5.74) is -7.19. The van der Waals surface area contributed by atoms with Crippen molar-refractivity contribution in [3.8, 4) is 0 Å². The van der Waals surface area contributed by atoms with Gasteiger partial charge in [-0.3, -0.25) is 14.9 Å². The summed E-state index contributed by atoms with van der Waals surface area (Å²) in [5, 5.41) is 10.4. The molecule has 0 bridgehead atoms. The highest BCUT2D eigenvalue weighted by atomic mass is 19.4. The molecular formula is C9H3F6NO3. The molecule has 0 aromatic heterocycles. The first kappa shape index (κ1) is 14.9. The number of alkyl halides is 6. The van der Waals surface area contributed by atoms with Gasteiger partial charge >= 0.3 is 12.4 Å². The van der Waals surface area contributed by atoms with Crippen molar-refractivity contribution in [3.05, 3.63) is 38.9 Å². The van der Waals surface area contributed by atoms with Crippen molar-refractivity contribution in [2.75, 3.05) is 0 Å². The average Bonchev–Trinajstić information content (AvgIpc) is 2.24. The van der Waals surface area contributed by atoms with E-state index in [0.717, 1.165) is 0 Å². The summed E-state index contributed by atoms with van der Waals surface area (Å²) in [6.07, 6.45) is -11.4. The Balaban J connectivity index is 3.78.